The van der Waals surface area contributed by atoms with E-state index in [9.17, 15) is 0 Å². The van der Waals surface area contributed by atoms with Gasteiger partial charge in [-0.3, -0.25) is 0 Å². The molecule has 0 aromatic heterocycles. The molecule has 0 saturated heterocycles. The Kier molecular flexibility index (Phi) is 3.55. The largest absolute Gasteiger partial charge is 0.383 e. The summed E-state index contributed by atoms with van der Waals surface area (Å²) in [6, 6.07) is 8.62. The number of hydrogen-bond donors (Lipinski definition) is 1. The number of benzene rings is 1. The maximum Gasteiger partial charge on any atom is 0.0482 e. The van der Waals surface area contributed by atoms with Crippen LogP contribution in [0.3, 0.4) is 0 Å². The Bertz CT molecular complexity index is 289. The van der Waals surface area contributed by atoms with Crippen molar-refractivity contribution in [2.24, 2.45) is 0 Å². The van der Waals surface area contributed by atoms with E-state index in [1.807, 2.05) is 19.1 Å². The van der Waals surface area contributed by atoms with Crippen LogP contribution in [-0.4, -0.2) is 0 Å². The summed E-state index contributed by atoms with van der Waals surface area (Å²) in [5.74, 6) is 0. The smallest absolute Gasteiger partial charge is 0.0482 e. The quantitative estimate of drug-likeness (QED) is 0.850. The van der Waals surface area contributed by atoms with Crippen molar-refractivity contribution in [2.75, 3.05) is 0 Å². The third kappa shape index (κ3) is 3.23. The molecule has 0 saturated carbocycles. The number of nitrogens with one attached hydrogen (secondary N) is 1. The van der Waals surface area contributed by atoms with E-state index in [-0.39, 0.29) is 0 Å². The summed E-state index contributed by atoms with van der Waals surface area (Å²) >= 11 is 3.41. The topological polar surface area (TPSA) is 12.0 Å². The number of rotatable bonds is 3. The molecule has 70 valence electrons. The lowest BCUT2D eigenvalue weighted by atomic mass is 10.1. The lowest BCUT2D eigenvalue weighted by molar-refractivity contribution is 0.656. The zero-order chi connectivity index (χ0) is 9.84. The molecule has 0 aliphatic heterocycles. The van der Waals surface area contributed by atoms with E-state index in [0.717, 1.165) is 10.2 Å². The van der Waals surface area contributed by atoms with Gasteiger partial charge in [-0.05, 0) is 31.5 Å². The van der Waals surface area contributed by atoms with Crippen molar-refractivity contribution in [2.45, 2.75) is 19.9 Å². The van der Waals surface area contributed by atoms with Crippen LogP contribution in [0.25, 0.3) is 0 Å². The van der Waals surface area contributed by atoms with Gasteiger partial charge in [0.05, 0.1) is 0 Å². The fourth-order valence-corrected chi connectivity index (χ4v) is 1.47. The molecule has 1 N–H and O–H groups in total. The van der Waals surface area contributed by atoms with Gasteiger partial charge in [0.1, 0.15) is 0 Å². The van der Waals surface area contributed by atoms with E-state index in [2.05, 4.69) is 46.9 Å². The zero-order valence-corrected chi connectivity index (χ0v) is 9.56. The van der Waals surface area contributed by atoms with Gasteiger partial charge in [0.15, 0.2) is 0 Å². The van der Waals surface area contributed by atoms with E-state index >= 15 is 0 Å². The van der Waals surface area contributed by atoms with Crippen molar-refractivity contribution in [3.8, 4) is 0 Å². The Morgan fingerprint density at radius 2 is 1.92 bits per heavy atom. The molecular weight excluding hydrogens is 226 g/mol. The second-order valence-corrected chi connectivity index (χ2v) is 4.11. The Labute approximate surface area is 88.0 Å². The first kappa shape index (κ1) is 10.3. The highest BCUT2D eigenvalue weighted by Crippen LogP contribution is 2.16. The molecular formula is C11H14BrN. The Morgan fingerprint density at radius 3 is 2.38 bits per heavy atom. The SMILES string of the molecule is C=C(C)N[C@H](C)c1ccc(Br)cc1. The van der Waals surface area contributed by atoms with Crippen LogP contribution in [0.5, 0.6) is 0 Å². The van der Waals surface area contributed by atoms with Gasteiger partial charge in [-0.2, -0.15) is 0 Å². The Hall–Kier alpha value is -0.760. The van der Waals surface area contributed by atoms with Gasteiger partial charge in [0.25, 0.3) is 0 Å². The Balaban J connectivity index is 2.71. The van der Waals surface area contributed by atoms with Crippen LogP contribution in [0.1, 0.15) is 25.5 Å². The molecule has 1 nitrogen and oxygen atoms in total. The van der Waals surface area contributed by atoms with Gasteiger partial charge >= 0.3 is 0 Å². The summed E-state index contributed by atoms with van der Waals surface area (Å²) in [7, 11) is 0. The van der Waals surface area contributed by atoms with Gasteiger partial charge < -0.3 is 5.32 Å². The first-order valence-electron chi connectivity index (χ1n) is 4.27. The van der Waals surface area contributed by atoms with E-state index in [1.165, 1.54) is 5.56 Å². The normalized spacial score (nSPS) is 12.2. The van der Waals surface area contributed by atoms with Crippen molar-refractivity contribution >= 4 is 15.9 Å². The van der Waals surface area contributed by atoms with Crippen LogP contribution in [0.2, 0.25) is 0 Å². The summed E-state index contributed by atoms with van der Waals surface area (Å²) in [5.41, 5.74) is 2.27. The van der Waals surface area contributed by atoms with E-state index < -0.39 is 0 Å². The molecule has 1 aromatic rings. The molecule has 0 bridgehead atoms. The molecule has 0 aliphatic rings. The maximum atomic E-state index is 3.82. The van der Waals surface area contributed by atoms with E-state index in [4.69, 9.17) is 0 Å². The van der Waals surface area contributed by atoms with Crippen molar-refractivity contribution in [1.29, 1.82) is 0 Å². The van der Waals surface area contributed by atoms with Gasteiger partial charge in [-0.1, -0.05) is 34.6 Å². The molecule has 0 radical (unpaired) electrons. The van der Waals surface area contributed by atoms with Crippen LogP contribution >= 0.6 is 15.9 Å². The first-order chi connectivity index (χ1) is 6.09. The third-order valence-corrected chi connectivity index (χ3v) is 2.36. The van der Waals surface area contributed by atoms with E-state index in [0.29, 0.717) is 6.04 Å². The minimum Gasteiger partial charge on any atom is -0.383 e. The van der Waals surface area contributed by atoms with Crippen molar-refractivity contribution < 1.29 is 0 Å². The predicted molar refractivity (Wildman–Crippen MR) is 60.5 cm³/mol. The number of halogens is 1. The third-order valence-electron chi connectivity index (χ3n) is 1.83. The average molecular weight is 240 g/mol. The van der Waals surface area contributed by atoms with Crippen LogP contribution in [-0.2, 0) is 0 Å². The molecule has 0 unspecified atom stereocenters. The van der Waals surface area contributed by atoms with Crippen molar-refractivity contribution in [1.82, 2.24) is 5.32 Å². The van der Waals surface area contributed by atoms with Gasteiger partial charge in [0.2, 0.25) is 0 Å². The summed E-state index contributed by atoms with van der Waals surface area (Å²) in [5, 5.41) is 3.27. The minimum absolute atomic E-state index is 0.325. The maximum absolute atomic E-state index is 3.82. The highest BCUT2D eigenvalue weighted by molar-refractivity contribution is 9.10. The second-order valence-electron chi connectivity index (χ2n) is 3.20. The first-order valence-corrected chi connectivity index (χ1v) is 5.06. The molecule has 1 rings (SSSR count). The molecule has 0 spiro atoms. The van der Waals surface area contributed by atoms with Crippen LogP contribution in [0, 0.1) is 0 Å². The molecule has 1 atom stereocenters. The van der Waals surface area contributed by atoms with Crippen LogP contribution in [0.4, 0.5) is 0 Å². The molecule has 0 amide bonds. The van der Waals surface area contributed by atoms with Gasteiger partial charge in [0, 0.05) is 16.2 Å². The number of allylic oxidation sites excluding steroid dienone is 1. The molecule has 1 aromatic carbocycles. The molecule has 13 heavy (non-hydrogen) atoms. The predicted octanol–water partition coefficient (Wildman–Crippen LogP) is 3.63. The van der Waals surface area contributed by atoms with Gasteiger partial charge in [-0.25, -0.2) is 0 Å². The second kappa shape index (κ2) is 4.47. The monoisotopic (exact) mass is 239 g/mol. The highest BCUT2D eigenvalue weighted by atomic mass is 79.9. The lowest BCUT2D eigenvalue weighted by Gasteiger charge is -2.15. The number of hydrogen-bond acceptors (Lipinski definition) is 1. The molecule has 0 fully saturated rings. The minimum atomic E-state index is 0.325. The lowest BCUT2D eigenvalue weighted by Crippen LogP contribution is -2.15. The highest BCUT2D eigenvalue weighted by Gasteiger charge is 2.02. The Morgan fingerprint density at radius 1 is 1.38 bits per heavy atom. The summed E-state index contributed by atoms with van der Waals surface area (Å²) < 4.78 is 1.11. The molecule has 2 heteroatoms. The molecule has 0 heterocycles. The summed E-state index contributed by atoms with van der Waals surface area (Å²) in [6.45, 7) is 7.91. The van der Waals surface area contributed by atoms with Crippen LogP contribution < -0.4 is 5.32 Å². The zero-order valence-electron chi connectivity index (χ0n) is 7.97. The van der Waals surface area contributed by atoms with Gasteiger partial charge in [-0.15, -0.1) is 0 Å². The fourth-order valence-electron chi connectivity index (χ4n) is 1.20. The standard InChI is InChI=1S/C11H14BrN/c1-8(2)13-9(3)10-4-6-11(12)7-5-10/h4-7,9,13H,1H2,2-3H3/t9-/m1/s1. The van der Waals surface area contributed by atoms with Crippen molar-refractivity contribution in [3.05, 3.63) is 46.6 Å². The average Bonchev–Trinajstić information content (AvgIpc) is 2.04. The summed E-state index contributed by atoms with van der Waals surface area (Å²) in [4.78, 5) is 0. The van der Waals surface area contributed by atoms with Crippen molar-refractivity contribution in [3.63, 3.8) is 0 Å². The van der Waals surface area contributed by atoms with E-state index in [1.54, 1.807) is 0 Å². The molecule has 0 aliphatic carbocycles. The summed E-state index contributed by atoms with van der Waals surface area (Å²) in [6.07, 6.45) is 0. The van der Waals surface area contributed by atoms with Crippen LogP contribution in [0.15, 0.2) is 41.0 Å². The fraction of sp³-hybridized carbons (Fsp3) is 0.273.